The molecule has 1 unspecified atom stereocenters. The second-order valence-electron chi connectivity index (χ2n) is 10.3. The number of amides is 3. The summed E-state index contributed by atoms with van der Waals surface area (Å²) in [5.74, 6) is -0.703. The molecule has 0 fully saturated rings. The van der Waals surface area contributed by atoms with Gasteiger partial charge in [-0.3, -0.25) is 14.8 Å². The van der Waals surface area contributed by atoms with E-state index in [0.717, 1.165) is 16.5 Å². The Kier molecular flexibility index (Phi) is 10.3. The first kappa shape index (κ1) is 30.2. The van der Waals surface area contributed by atoms with Gasteiger partial charge in [-0.25, -0.2) is 10.3 Å². The lowest BCUT2D eigenvalue weighted by Crippen LogP contribution is -2.56. The first-order chi connectivity index (χ1) is 18.9. The predicted molar refractivity (Wildman–Crippen MR) is 150 cm³/mol. The normalized spacial score (nSPS) is 13.8. The topological polar surface area (TPSA) is 162 Å². The van der Waals surface area contributed by atoms with E-state index in [4.69, 9.17) is 14.7 Å². The predicted octanol–water partition coefficient (Wildman–Crippen LogP) is 3.07. The molecule has 3 aromatic rings. The number of ether oxygens (including phenoxy) is 2. The van der Waals surface area contributed by atoms with Crippen molar-refractivity contribution in [2.45, 2.75) is 57.9 Å². The lowest BCUT2D eigenvalue weighted by atomic mass is 10.0. The van der Waals surface area contributed by atoms with Crippen LogP contribution in [-0.4, -0.2) is 63.6 Å². The SMILES string of the molecule is CC(O)[C@@H](NC(=O)OC(C)(C)C)C(=O)N[C@H](COc1ccc(/C=C/C(=O)NO)cc1)Cc1c[nH]c2ccccc12. The van der Waals surface area contributed by atoms with Crippen LogP contribution in [0.4, 0.5) is 4.79 Å². The Bertz CT molecular complexity index is 1330. The fraction of sp³-hybridized carbons (Fsp3) is 0.345. The molecule has 2 aromatic carbocycles. The molecule has 0 aliphatic rings. The van der Waals surface area contributed by atoms with E-state index in [1.807, 2.05) is 30.5 Å². The summed E-state index contributed by atoms with van der Waals surface area (Å²) in [6.45, 7) is 6.60. The highest BCUT2D eigenvalue weighted by Gasteiger charge is 2.30. The summed E-state index contributed by atoms with van der Waals surface area (Å²) in [7, 11) is 0. The molecule has 0 aliphatic heterocycles. The van der Waals surface area contributed by atoms with E-state index < -0.39 is 41.7 Å². The molecule has 0 spiro atoms. The van der Waals surface area contributed by atoms with E-state index in [2.05, 4.69) is 15.6 Å². The van der Waals surface area contributed by atoms with Gasteiger partial charge in [0.1, 0.15) is 24.0 Å². The third-order valence-corrected chi connectivity index (χ3v) is 5.79. The fourth-order valence-electron chi connectivity index (χ4n) is 3.93. The molecule has 0 aliphatic carbocycles. The van der Waals surface area contributed by atoms with Crippen LogP contribution < -0.4 is 20.9 Å². The van der Waals surface area contributed by atoms with Gasteiger partial charge in [0.2, 0.25) is 5.91 Å². The molecule has 0 radical (unpaired) electrons. The van der Waals surface area contributed by atoms with Gasteiger partial charge in [-0.15, -0.1) is 0 Å². The van der Waals surface area contributed by atoms with Crippen LogP contribution in [0.1, 0.15) is 38.8 Å². The Morgan fingerprint density at radius 2 is 1.75 bits per heavy atom. The molecule has 0 saturated carbocycles. The minimum Gasteiger partial charge on any atom is -0.491 e. The highest BCUT2D eigenvalue weighted by Crippen LogP contribution is 2.20. The van der Waals surface area contributed by atoms with Gasteiger partial charge < -0.3 is 30.2 Å². The van der Waals surface area contributed by atoms with Gasteiger partial charge in [-0.1, -0.05) is 30.3 Å². The van der Waals surface area contributed by atoms with Crippen LogP contribution in [0, 0.1) is 0 Å². The first-order valence-electron chi connectivity index (χ1n) is 12.8. The highest BCUT2D eigenvalue weighted by molar-refractivity contribution is 5.90. The van der Waals surface area contributed by atoms with E-state index in [1.54, 1.807) is 45.0 Å². The van der Waals surface area contributed by atoms with Gasteiger partial charge >= 0.3 is 6.09 Å². The summed E-state index contributed by atoms with van der Waals surface area (Å²) >= 11 is 0. The van der Waals surface area contributed by atoms with Crippen molar-refractivity contribution >= 4 is 34.9 Å². The average molecular weight is 553 g/mol. The monoisotopic (exact) mass is 552 g/mol. The molecule has 3 atom stereocenters. The van der Waals surface area contributed by atoms with Gasteiger partial charge in [0, 0.05) is 23.2 Å². The molecule has 3 rings (SSSR count). The number of para-hydroxylation sites is 1. The lowest BCUT2D eigenvalue weighted by Gasteiger charge is -2.27. The number of carbonyl (C=O) groups excluding carboxylic acids is 3. The Balaban J connectivity index is 1.75. The zero-order valence-electron chi connectivity index (χ0n) is 22.9. The Hall–Kier alpha value is -4.35. The number of H-pyrrole nitrogens is 1. The number of hydrogen-bond donors (Lipinski definition) is 6. The van der Waals surface area contributed by atoms with E-state index >= 15 is 0 Å². The first-order valence-corrected chi connectivity index (χ1v) is 12.8. The van der Waals surface area contributed by atoms with Crippen LogP contribution in [0.3, 0.4) is 0 Å². The number of aromatic amines is 1. The molecule has 0 saturated heterocycles. The van der Waals surface area contributed by atoms with Crippen molar-refractivity contribution in [3.8, 4) is 5.75 Å². The van der Waals surface area contributed by atoms with Crippen LogP contribution in [0.5, 0.6) is 5.75 Å². The Morgan fingerprint density at radius 1 is 1.05 bits per heavy atom. The molecule has 11 nitrogen and oxygen atoms in total. The number of benzene rings is 2. The highest BCUT2D eigenvalue weighted by atomic mass is 16.6. The smallest absolute Gasteiger partial charge is 0.408 e. The zero-order chi connectivity index (χ0) is 29.3. The summed E-state index contributed by atoms with van der Waals surface area (Å²) in [5.41, 5.74) is 3.38. The molecule has 214 valence electrons. The van der Waals surface area contributed by atoms with Crippen molar-refractivity contribution in [3.63, 3.8) is 0 Å². The number of hydrogen-bond acceptors (Lipinski definition) is 7. The number of fused-ring (bicyclic) bond motifs is 1. The van der Waals surface area contributed by atoms with Gasteiger partial charge in [0.15, 0.2) is 0 Å². The molecule has 6 N–H and O–H groups in total. The number of alkyl carbamates (subject to hydrolysis) is 1. The van der Waals surface area contributed by atoms with E-state index in [9.17, 15) is 19.5 Å². The Labute approximate surface area is 232 Å². The Morgan fingerprint density at radius 3 is 2.40 bits per heavy atom. The minimum atomic E-state index is -1.25. The summed E-state index contributed by atoms with van der Waals surface area (Å²) in [4.78, 5) is 40.0. The molecule has 3 amide bonds. The third-order valence-electron chi connectivity index (χ3n) is 5.79. The van der Waals surface area contributed by atoms with Gasteiger partial charge in [0.25, 0.3) is 5.91 Å². The summed E-state index contributed by atoms with van der Waals surface area (Å²) < 4.78 is 11.2. The van der Waals surface area contributed by atoms with Crippen LogP contribution in [0.15, 0.2) is 60.8 Å². The zero-order valence-corrected chi connectivity index (χ0v) is 22.9. The maximum absolute atomic E-state index is 13.2. The largest absolute Gasteiger partial charge is 0.491 e. The number of hydroxylamine groups is 1. The maximum Gasteiger partial charge on any atom is 0.408 e. The van der Waals surface area contributed by atoms with Crippen molar-refractivity contribution in [1.29, 1.82) is 0 Å². The van der Waals surface area contributed by atoms with E-state index in [-0.39, 0.29) is 6.61 Å². The van der Waals surface area contributed by atoms with Crippen molar-refractivity contribution in [3.05, 3.63) is 71.9 Å². The van der Waals surface area contributed by atoms with Crippen molar-refractivity contribution < 1.29 is 34.2 Å². The third kappa shape index (κ3) is 9.14. The molecule has 0 bridgehead atoms. The second kappa shape index (κ2) is 13.6. The van der Waals surface area contributed by atoms with Gasteiger partial charge in [0.05, 0.1) is 12.1 Å². The number of carbonyl (C=O) groups is 3. The minimum absolute atomic E-state index is 0.0896. The second-order valence-corrected chi connectivity index (χ2v) is 10.3. The van der Waals surface area contributed by atoms with Crippen LogP contribution >= 0.6 is 0 Å². The van der Waals surface area contributed by atoms with Gasteiger partial charge in [-0.2, -0.15) is 0 Å². The van der Waals surface area contributed by atoms with E-state index in [0.29, 0.717) is 17.7 Å². The van der Waals surface area contributed by atoms with Crippen molar-refractivity contribution in [2.24, 2.45) is 0 Å². The molecular formula is C29H36N4O7. The van der Waals surface area contributed by atoms with Crippen LogP contribution in [-0.2, 0) is 20.7 Å². The number of aliphatic hydroxyl groups excluding tert-OH is 1. The van der Waals surface area contributed by atoms with Crippen molar-refractivity contribution in [2.75, 3.05) is 6.61 Å². The molecule has 1 heterocycles. The quantitative estimate of drug-likeness (QED) is 0.121. The lowest BCUT2D eigenvalue weighted by molar-refractivity contribution is -0.126. The molecule has 11 heteroatoms. The molecule has 1 aromatic heterocycles. The fourth-order valence-corrected chi connectivity index (χ4v) is 3.93. The van der Waals surface area contributed by atoms with Crippen molar-refractivity contribution in [1.82, 2.24) is 21.1 Å². The molecular weight excluding hydrogens is 516 g/mol. The summed E-state index contributed by atoms with van der Waals surface area (Å²) in [5, 5.41) is 25.2. The van der Waals surface area contributed by atoms with E-state index in [1.165, 1.54) is 24.6 Å². The van der Waals surface area contributed by atoms with Gasteiger partial charge in [-0.05, 0) is 69.5 Å². The number of nitrogens with one attached hydrogen (secondary N) is 4. The number of rotatable bonds is 11. The van der Waals surface area contributed by atoms with Crippen LogP contribution in [0.25, 0.3) is 17.0 Å². The maximum atomic E-state index is 13.2. The van der Waals surface area contributed by atoms with Crippen LogP contribution in [0.2, 0.25) is 0 Å². The summed E-state index contributed by atoms with van der Waals surface area (Å²) in [6.07, 6.45) is 3.00. The summed E-state index contributed by atoms with van der Waals surface area (Å²) in [6, 6.07) is 12.9. The number of aliphatic hydroxyl groups is 1. The average Bonchev–Trinajstić information content (AvgIpc) is 3.31. The standard InChI is InChI=1S/C29H36N4O7/c1-18(34)26(32-28(37)40-29(2,3)4)27(36)31-21(15-20-16-30-24-8-6-5-7-23(20)24)17-39-22-12-9-19(10-13-22)11-14-25(35)33-38/h5-14,16,18,21,26,30,34,38H,15,17H2,1-4H3,(H,31,36)(H,32,37)(H,33,35)/b14-11+/t18?,21-,26+/m0/s1. The molecule has 40 heavy (non-hydrogen) atoms. The number of aromatic nitrogens is 1.